The van der Waals surface area contributed by atoms with Gasteiger partial charge in [0.1, 0.15) is 6.10 Å². The minimum Gasteiger partial charge on any atom is -0.394 e. The smallest absolute Gasteiger partial charge is 0.203 e. The zero-order valence-electron chi connectivity index (χ0n) is 5.34. The first-order valence-corrected chi connectivity index (χ1v) is 3.36. The van der Waals surface area contributed by atoms with E-state index in [0.29, 0.717) is 0 Å². The number of aliphatic hydroxyl groups excluding tert-OH is 2. The molecule has 0 aliphatic rings. The van der Waals surface area contributed by atoms with Crippen molar-refractivity contribution in [2.45, 2.75) is 17.4 Å². The summed E-state index contributed by atoms with van der Waals surface area (Å²) in [7, 11) is 0. The van der Waals surface area contributed by atoms with Crippen molar-refractivity contribution >= 4 is 29.0 Å². The summed E-state index contributed by atoms with van der Waals surface area (Å²) in [5, 5.41) is 17.2. The highest BCUT2D eigenvalue weighted by molar-refractivity contribution is 6.58. The van der Waals surface area contributed by atoms with Crippen molar-refractivity contribution in [2.24, 2.45) is 0 Å². The molecule has 5 heteroatoms. The van der Waals surface area contributed by atoms with Gasteiger partial charge in [0, 0.05) is 0 Å². The minimum atomic E-state index is -1.88. The number of rotatable bonds is 3. The molecule has 0 radical (unpaired) electrons. The Labute approximate surface area is 68.6 Å². The number of aliphatic hydroxyl groups is 2. The molecule has 0 saturated heterocycles. The fraction of sp³-hybridized carbons (Fsp3) is 0.800. The van der Waals surface area contributed by atoms with E-state index in [0.717, 1.165) is 6.92 Å². The van der Waals surface area contributed by atoms with E-state index in [1.807, 2.05) is 0 Å². The predicted molar refractivity (Wildman–Crippen MR) is 38.2 cm³/mol. The molecule has 0 bridgehead atoms. The molecule has 0 aliphatic heterocycles. The first kappa shape index (κ1) is 10.2. The van der Waals surface area contributed by atoms with E-state index >= 15 is 0 Å². The summed E-state index contributed by atoms with van der Waals surface area (Å²) in [6, 6.07) is 0. The summed E-state index contributed by atoms with van der Waals surface area (Å²) < 4.78 is -1.88. The second-order valence-electron chi connectivity index (χ2n) is 1.88. The lowest BCUT2D eigenvalue weighted by molar-refractivity contribution is -0.120. The first-order valence-electron chi connectivity index (χ1n) is 2.60. The quantitative estimate of drug-likeness (QED) is 0.616. The normalized spacial score (nSPS) is 14.9. The Morgan fingerprint density at radius 2 is 2.10 bits per heavy atom. The van der Waals surface area contributed by atoms with Gasteiger partial charge in [-0.25, -0.2) is 0 Å². The number of ketones is 1. The van der Waals surface area contributed by atoms with Crippen LogP contribution in [0.2, 0.25) is 0 Å². The van der Waals surface area contributed by atoms with Crippen LogP contribution in [0.5, 0.6) is 0 Å². The number of alkyl halides is 2. The SMILES string of the molecule is CC(=O)C(Cl)(Cl)C(O)CO. The van der Waals surface area contributed by atoms with Gasteiger partial charge >= 0.3 is 0 Å². The molecule has 0 aromatic carbocycles. The third kappa shape index (κ3) is 2.09. The van der Waals surface area contributed by atoms with Crippen molar-refractivity contribution < 1.29 is 15.0 Å². The summed E-state index contributed by atoms with van der Waals surface area (Å²) in [4.78, 5) is 10.5. The fourth-order valence-electron chi connectivity index (χ4n) is 0.349. The maximum Gasteiger partial charge on any atom is 0.203 e. The van der Waals surface area contributed by atoms with E-state index < -0.39 is 22.8 Å². The van der Waals surface area contributed by atoms with Crippen LogP contribution in [-0.2, 0) is 4.79 Å². The van der Waals surface area contributed by atoms with E-state index in [-0.39, 0.29) is 0 Å². The molecule has 0 heterocycles. The van der Waals surface area contributed by atoms with Crippen LogP contribution in [0.25, 0.3) is 0 Å². The maximum absolute atomic E-state index is 10.5. The van der Waals surface area contributed by atoms with Crippen LogP contribution in [-0.4, -0.2) is 33.0 Å². The predicted octanol–water partition coefficient (Wildman–Crippen LogP) is 0.102. The second-order valence-corrected chi connectivity index (χ2v) is 3.26. The maximum atomic E-state index is 10.5. The number of hydrogen-bond acceptors (Lipinski definition) is 3. The highest BCUT2D eigenvalue weighted by Gasteiger charge is 2.37. The molecule has 0 aliphatic carbocycles. The van der Waals surface area contributed by atoms with Crippen LogP contribution in [0.1, 0.15) is 6.92 Å². The number of carbonyl (C=O) groups is 1. The topological polar surface area (TPSA) is 57.5 Å². The van der Waals surface area contributed by atoms with Crippen LogP contribution in [0, 0.1) is 0 Å². The van der Waals surface area contributed by atoms with Crippen molar-refractivity contribution in [1.82, 2.24) is 0 Å². The fourth-order valence-corrected chi connectivity index (χ4v) is 0.487. The van der Waals surface area contributed by atoms with Gasteiger partial charge in [0.05, 0.1) is 6.61 Å². The van der Waals surface area contributed by atoms with Gasteiger partial charge < -0.3 is 10.2 Å². The van der Waals surface area contributed by atoms with Crippen molar-refractivity contribution in [3.8, 4) is 0 Å². The van der Waals surface area contributed by atoms with Gasteiger partial charge in [-0.3, -0.25) is 4.79 Å². The summed E-state index contributed by atoms with van der Waals surface area (Å²) in [6.45, 7) is 0.505. The van der Waals surface area contributed by atoms with E-state index in [2.05, 4.69) is 0 Å². The molecular formula is C5H8Cl2O3. The van der Waals surface area contributed by atoms with Crippen molar-refractivity contribution in [2.75, 3.05) is 6.61 Å². The Morgan fingerprint density at radius 3 is 2.20 bits per heavy atom. The highest BCUT2D eigenvalue weighted by Crippen LogP contribution is 2.26. The third-order valence-corrected chi connectivity index (χ3v) is 2.10. The Bertz CT molecular complexity index is 135. The zero-order valence-corrected chi connectivity index (χ0v) is 6.85. The van der Waals surface area contributed by atoms with Crippen molar-refractivity contribution in [3.63, 3.8) is 0 Å². The van der Waals surface area contributed by atoms with Gasteiger partial charge in [-0.2, -0.15) is 0 Å². The van der Waals surface area contributed by atoms with Gasteiger partial charge in [-0.05, 0) is 6.92 Å². The number of carbonyl (C=O) groups excluding carboxylic acids is 1. The number of Topliss-reactive ketones (excluding diaryl/α,β-unsaturated/α-hetero) is 1. The summed E-state index contributed by atoms with van der Waals surface area (Å²) in [5.74, 6) is -0.586. The molecule has 10 heavy (non-hydrogen) atoms. The molecule has 0 saturated carbocycles. The van der Waals surface area contributed by atoms with Gasteiger partial charge in [0.25, 0.3) is 0 Å². The minimum absolute atomic E-state index is 0.586. The molecule has 3 nitrogen and oxygen atoms in total. The van der Waals surface area contributed by atoms with Gasteiger partial charge in [-0.1, -0.05) is 23.2 Å². The molecule has 0 aromatic heterocycles. The second kappa shape index (κ2) is 3.53. The molecule has 0 fully saturated rings. The Morgan fingerprint density at radius 1 is 1.70 bits per heavy atom. The lowest BCUT2D eigenvalue weighted by atomic mass is 10.2. The zero-order chi connectivity index (χ0) is 8.36. The van der Waals surface area contributed by atoms with Gasteiger partial charge in [0.2, 0.25) is 4.33 Å². The van der Waals surface area contributed by atoms with E-state index in [9.17, 15) is 4.79 Å². The molecule has 0 spiro atoms. The van der Waals surface area contributed by atoms with Crippen molar-refractivity contribution in [1.29, 1.82) is 0 Å². The lowest BCUT2D eigenvalue weighted by Crippen LogP contribution is -2.40. The van der Waals surface area contributed by atoms with Crippen LogP contribution >= 0.6 is 23.2 Å². The van der Waals surface area contributed by atoms with Gasteiger partial charge in [0.15, 0.2) is 5.78 Å². The number of hydrogen-bond donors (Lipinski definition) is 2. The summed E-state index contributed by atoms with van der Waals surface area (Å²) in [5.41, 5.74) is 0. The van der Waals surface area contributed by atoms with E-state index in [4.69, 9.17) is 33.4 Å². The monoisotopic (exact) mass is 186 g/mol. The molecule has 60 valence electrons. The molecular weight excluding hydrogens is 179 g/mol. The largest absolute Gasteiger partial charge is 0.394 e. The molecule has 1 unspecified atom stereocenters. The Hall–Kier alpha value is 0.170. The van der Waals surface area contributed by atoms with E-state index in [1.165, 1.54) is 0 Å². The number of halogens is 2. The molecule has 0 rings (SSSR count). The van der Waals surface area contributed by atoms with E-state index in [1.54, 1.807) is 0 Å². The summed E-state index contributed by atoms with van der Waals surface area (Å²) in [6.07, 6.45) is -1.42. The molecule has 0 amide bonds. The summed E-state index contributed by atoms with van der Waals surface area (Å²) >= 11 is 10.7. The van der Waals surface area contributed by atoms with Crippen LogP contribution in [0.4, 0.5) is 0 Å². The standard InChI is InChI=1S/C5H8Cl2O3/c1-3(9)5(6,7)4(10)2-8/h4,8,10H,2H2,1H3. The first-order chi connectivity index (χ1) is 4.42. The molecule has 0 aromatic rings. The lowest BCUT2D eigenvalue weighted by Gasteiger charge is -2.20. The van der Waals surface area contributed by atoms with Crippen molar-refractivity contribution in [3.05, 3.63) is 0 Å². The average Bonchev–Trinajstić information content (AvgIpc) is 1.86. The average molecular weight is 187 g/mol. The van der Waals surface area contributed by atoms with Crippen LogP contribution < -0.4 is 0 Å². The Kier molecular flexibility index (Phi) is 3.59. The van der Waals surface area contributed by atoms with Crippen LogP contribution in [0.15, 0.2) is 0 Å². The third-order valence-electron chi connectivity index (χ3n) is 1.06. The highest BCUT2D eigenvalue weighted by atomic mass is 35.5. The van der Waals surface area contributed by atoms with Crippen LogP contribution in [0.3, 0.4) is 0 Å². The van der Waals surface area contributed by atoms with Gasteiger partial charge in [-0.15, -0.1) is 0 Å². The molecule has 2 N–H and O–H groups in total. The Balaban J connectivity index is 4.23. The molecule has 1 atom stereocenters.